The van der Waals surface area contributed by atoms with Crippen LogP contribution in [0.4, 0.5) is 4.79 Å². The Morgan fingerprint density at radius 1 is 1.26 bits per heavy atom. The highest BCUT2D eigenvalue weighted by Gasteiger charge is 2.24. The van der Waals surface area contributed by atoms with Gasteiger partial charge in [0.2, 0.25) is 5.91 Å². The average Bonchev–Trinajstić information content (AvgIpc) is 2.86. The predicted octanol–water partition coefficient (Wildman–Crippen LogP) is 2.83. The molecule has 1 fully saturated rings. The number of carbonyl (C=O) groups is 2. The lowest BCUT2D eigenvalue weighted by molar-refractivity contribution is -0.122. The number of hydrogen-bond donors (Lipinski definition) is 1. The molecule has 152 valence electrons. The van der Waals surface area contributed by atoms with Crippen molar-refractivity contribution in [2.45, 2.75) is 72.9 Å². The van der Waals surface area contributed by atoms with E-state index in [0.717, 1.165) is 30.8 Å². The summed E-state index contributed by atoms with van der Waals surface area (Å²) in [5.74, 6) is 0.611. The fraction of sp³-hybridized carbons (Fsp3) is 0.750. The first-order chi connectivity index (χ1) is 12.8. The summed E-state index contributed by atoms with van der Waals surface area (Å²) in [6.45, 7) is 12.8. The molecule has 0 spiro atoms. The highest BCUT2D eigenvalue weighted by molar-refractivity contribution is 5.76. The van der Waals surface area contributed by atoms with Crippen molar-refractivity contribution >= 4 is 12.0 Å². The van der Waals surface area contributed by atoms with Crippen molar-refractivity contribution in [1.29, 1.82) is 0 Å². The number of piperidine rings is 1. The van der Waals surface area contributed by atoms with E-state index in [1.165, 1.54) is 5.56 Å². The number of aryl methyl sites for hydroxylation is 1. The molecular formula is C20H34N4O3. The van der Waals surface area contributed by atoms with Crippen molar-refractivity contribution in [1.82, 2.24) is 20.0 Å². The van der Waals surface area contributed by atoms with Gasteiger partial charge in [-0.15, -0.1) is 0 Å². The maximum atomic E-state index is 12.4. The molecule has 1 saturated heterocycles. The molecule has 1 N–H and O–H groups in total. The van der Waals surface area contributed by atoms with Crippen LogP contribution in [0.2, 0.25) is 0 Å². The molecular weight excluding hydrogens is 344 g/mol. The number of hydrogen-bond acceptors (Lipinski definition) is 4. The third kappa shape index (κ3) is 5.97. The second-order valence-electron chi connectivity index (χ2n) is 7.75. The molecule has 0 unspecified atom stereocenters. The third-order valence-electron chi connectivity index (χ3n) is 5.06. The molecule has 2 amide bonds. The van der Waals surface area contributed by atoms with Crippen molar-refractivity contribution in [3.8, 4) is 0 Å². The Hall–Kier alpha value is -2.05. The van der Waals surface area contributed by atoms with Gasteiger partial charge in [0.15, 0.2) is 0 Å². The van der Waals surface area contributed by atoms with Crippen LogP contribution in [0.1, 0.15) is 57.0 Å². The minimum atomic E-state index is -0.258. The zero-order valence-corrected chi connectivity index (χ0v) is 17.4. The number of aromatic nitrogens is 2. The first kappa shape index (κ1) is 21.3. The maximum absolute atomic E-state index is 12.4. The Bertz CT molecular complexity index is 646. The zero-order chi connectivity index (χ0) is 20.0. The second-order valence-corrected chi connectivity index (χ2v) is 7.75. The molecule has 7 nitrogen and oxygen atoms in total. The normalized spacial score (nSPS) is 15.3. The Morgan fingerprint density at radius 3 is 2.52 bits per heavy atom. The summed E-state index contributed by atoms with van der Waals surface area (Å²) in [7, 11) is 0. The second kappa shape index (κ2) is 9.76. The van der Waals surface area contributed by atoms with Gasteiger partial charge in [-0.25, -0.2) is 4.79 Å². The monoisotopic (exact) mass is 378 g/mol. The Morgan fingerprint density at radius 2 is 1.93 bits per heavy atom. The Labute approximate surface area is 162 Å². The fourth-order valence-corrected chi connectivity index (χ4v) is 3.58. The van der Waals surface area contributed by atoms with Crippen LogP contribution in [-0.2, 0) is 22.5 Å². The molecule has 0 atom stereocenters. The first-order valence-corrected chi connectivity index (χ1v) is 10.1. The van der Waals surface area contributed by atoms with E-state index in [2.05, 4.69) is 35.9 Å². The van der Waals surface area contributed by atoms with Crippen LogP contribution in [0, 0.1) is 19.8 Å². The summed E-state index contributed by atoms with van der Waals surface area (Å²) in [5.41, 5.74) is 3.36. The topological polar surface area (TPSA) is 76.5 Å². The molecule has 2 rings (SSSR count). The molecule has 0 aromatic carbocycles. The van der Waals surface area contributed by atoms with E-state index in [9.17, 15) is 9.59 Å². The van der Waals surface area contributed by atoms with Gasteiger partial charge in [0.05, 0.1) is 12.3 Å². The number of likely N-dealkylation sites (tertiary alicyclic amines) is 1. The van der Waals surface area contributed by atoms with Gasteiger partial charge in [-0.1, -0.05) is 13.8 Å². The lowest BCUT2D eigenvalue weighted by atomic mass is 10.0. The molecule has 0 aliphatic carbocycles. The summed E-state index contributed by atoms with van der Waals surface area (Å²) >= 11 is 0. The molecule has 7 heteroatoms. The van der Waals surface area contributed by atoms with Gasteiger partial charge in [-0.05, 0) is 51.5 Å². The SMILES string of the molecule is CCOC(=O)N1CCC(NC(=O)CCc2c(C)nn(CC(C)C)c2C)CC1. The molecule has 0 saturated carbocycles. The average molecular weight is 379 g/mol. The number of rotatable bonds is 7. The highest BCUT2D eigenvalue weighted by Crippen LogP contribution is 2.17. The standard InChI is InChI=1S/C20H34N4O3/c1-6-27-20(26)23-11-9-17(10-12-23)21-19(25)8-7-18-15(4)22-24(16(18)5)13-14(2)3/h14,17H,6-13H2,1-5H3,(H,21,25). The molecule has 0 bridgehead atoms. The van der Waals surface area contributed by atoms with Crippen molar-refractivity contribution in [3.63, 3.8) is 0 Å². The van der Waals surface area contributed by atoms with Crippen LogP contribution in [0.3, 0.4) is 0 Å². The van der Waals surface area contributed by atoms with Crippen molar-refractivity contribution in [2.75, 3.05) is 19.7 Å². The van der Waals surface area contributed by atoms with Gasteiger partial charge in [0.1, 0.15) is 0 Å². The van der Waals surface area contributed by atoms with Crippen LogP contribution in [0.25, 0.3) is 0 Å². The van der Waals surface area contributed by atoms with Gasteiger partial charge in [0.25, 0.3) is 0 Å². The summed E-state index contributed by atoms with van der Waals surface area (Å²) in [6, 6.07) is 0.133. The number of ether oxygens (including phenoxy) is 1. The van der Waals surface area contributed by atoms with Crippen LogP contribution in [-0.4, -0.2) is 52.4 Å². The van der Waals surface area contributed by atoms with Crippen molar-refractivity contribution < 1.29 is 14.3 Å². The first-order valence-electron chi connectivity index (χ1n) is 10.1. The minimum absolute atomic E-state index is 0.0694. The van der Waals surface area contributed by atoms with E-state index in [4.69, 9.17) is 4.74 Å². The molecule has 1 aromatic heterocycles. The summed E-state index contributed by atoms with van der Waals surface area (Å²) < 4.78 is 7.08. The van der Waals surface area contributed by atoms with E-state index < -0.39 is 0 Å². The quantitative estimate of drug-likeness (QED) is 0.791. The molecule has 0 radical (unpaired) electrons. The van der Waals surface area contributed by atoms with E-state index in [1.54, 1.807) is 11.8 Å². The van der Waals surface area contributed by atoms with Crippen LogP contribution in [0.5, 0.6) is 0 Å². The maximum Gasteiger partial charge on any atom is 0.409 e. The number of nitrogens with zero attached hydrogens (tertiary/aromatic N) is 3. The highest BCUT2D eigenvalue weighted by atomic mass is 16.6. The Balaban J connectivity index is 1.79. The van der Waals surface area contributed by atoms with Gasteiger partial charge in [-0.2, -0.15) is 5.10 Å². The minimum Gasteiger partial charge on any atom is -0.450 e. The fourth-order valence-electron chi connectivity index (χ4n) is 3.58. The molecule has 27 heavy (non-hydrogen) atoms. The molecule has 1 aromatic rings. The van der Waals surface area contributed by atoms with Crippen molar-refractivity contribution in [3.05, 3.63) is 17.0 Å². The van der Waals surface area contributed by atoms with Crippen LogP contribution in [0.15, 0.2) is 0 Å². The van der Waals surface area contributed by atoms with Gasteiger partial charge >= 0.3 is 6.09 Å². The van der Waals surface area contributed by atoms with E-state index >= 15 is 0 Å². The summed E-state index contributed by atoms with van der Waals surface area (Å²) in [4.78, 5) is 25.8. The van der Waals surface area contributed by atoms with E-state index in [0.29, 0.717) is 38.5 Å². The number of carbonyl (C=O) groups excluding carboxylic acids is 2. The molecule has 2 heterocycles. The zero-order valence-electron chi connectivity index (χ0n) is 17.4. The largest absolute Gasteiger partial charge is 0.450 e. The van der Waals surface area contributed by atoms with E-state index in [1.807, 2.05) is 6.92 Å². The Kier molecular flexibility index (Phi) is 7.68. The molecule has 1 aliphatic rings. The van der Waals surface area contributed by atoms with E-state index in [-0.39, 0.29) is 18.0 Å². The van der Waals surface area contributed by atoms with Crippen LogP contribution < -0.4 is 5.32 Å². The smallest absolute Gasteiger partial charge is 0.409 e. The lowest BCUT2D eigenvalue weighted by Gasteiger charge is -2.31. The number of amides is 2. The molecule has 1 aliphatic heterocycles. The van der Waals surface area contributed by atoms with Gasteiger partial charge in [0, 0.05) is 37.8 Å². The third-order valence-corrected chi connectivity index (χ3v) is 5.06. The van der Waals surface area contributed by atoms with Gasteiger partial charge in [-0.3, -0.25) is 9.48 Å². The predicted molar refractivity (Wildman–Crippen MR) is 105 cm³/mol. The van der Waals surface area contributed by atoms with Gasteiger partial charge < -0.3 is 15.0 Å². The van der Waals surface area contributed by atoms with Crippen molar-refractivity contribution in [2.24, 2.45) is 5.92 Å². The summed E-state index contributed by atoms with van der Waals surface area (Å²) in [5, 5.41) is 7.73. The summed E-state index contributed by atoms with van der Waals surface area (Å²) in [6.07, 6.45) is 2.46. The van der Waals surface area contributed by atoms with Crippen LogP contribution >= 0.6 is 0 Å². The lowest BCUT2D eigenvalue weighted by Crippen LogP contribution is -2.46. The number of nitrogens with one attached hydrogen (secondary N) is 1.